The van der Waals surface area contributed by atoms with Gasteiger partial charge in [-0.3, -0.25) is 4.79 Å². The molecule has 0 aromatic heterocycles. The Morgan fingerprint density at radius 2 is 2.18 bits per heavy atom. The van der Waals surface area contributed by atoms with Gasteiger partial charge in [-0.25, -0.2) is 0 Å². The van der Waals surface area contributed by atoms with Gasteiger partial charge in [0.05, 0.1) is 0 Å². The van der Waals surface area contributed by atoms with Crippen LogP contribution in [-0.2, 0) is 11.2 Å². The number of hydrogen-bond donors (Lipinski definition) is 1. The third-order valence-electron chi connectivity index (χ3n) is 3.96. The van der Waals surface area contributed by atoms with E-state index in [0.717, 1.165) is 31.2 Å². The topological polar surface area (TPSA) is 37.3 Å². The first kappa shape index (κ1) is 12.2. The molecule has 2 unspecified atom stereocenters. The molecule has 0 spiro atoms. The zero-order valence-corrected chi connectivity index (χ0v) is 10.6. The van der Waals surface area contributed by atoms with Crippen LogP contribution in [-0.4, -0.2) is 10.9 Å². The van der Waals surface area contributed by atoms with Crippen LogP contribution in [0.1, 0.15) is 37.3 Å². The van der Waals surface area contributed by atoms with Gasteiger partial charge in [0.2, 0.25) is 0 Å². The van der Waals surface area contributed by atoms with E-state index in [0.29, 0.717) is 23.4 Å². The quantitative estimate of drug-likeness (QED) is 0.849. The van der Waals surface area contributed by atoms with E-state index in [4.69, 9.17) is 0 Å². The molecule has 0 saturated heterocycles. The Labute approximate surface area is 103 Å². The van der Waals surface area contributed by atoms with Crippen molar-refractivity contribution < 1.29 is 9.90 Å². The maximum absolute atomic E-state index is 11.4. The van der Waals surface area contributed by atoms with Crippen molar-refractivity contribution in [1.82, 2.24) is 0 Å². The fraction of sp³-hybridized carbons (Fsp3) is 0.533. The summed E-state index contributed by atoms with van der Waals surface area (Å²) in [7, 11) is 0. The summed E-state index contributed by atoms with van der Waals surface area (Å²) in [6.07, 6.45) is 3.52. The van der Waals surface area contributed by atoms with Gasteiger partial charge >= 0.3 is 0 Å². The van der Waals surface area contributed by atoms with Crippen molar-refractivity contribution in [3.05, 3.63) is 29.3 Å². The van der Waals surface area contributed by atoms with Gasteiger partial charge in [-0.1, -0.05) is 13.0 Å². The van der Waals surface area contributed by atoms with Crippen LogP contribution >= 0.6 is 0 Å². The van der Waals surface area contributed by atoms with Crippen LogP contribution in [0, 0.1) is 18.8 Å². The molecule has 2 rings (SSSR count). The SMILES string of the molecule is Cc1cc(O)ccc1CC1CCC(=O)CC1C. The molecule has 1 aromatic rings. The van der Waals surface area contributed by atoms with Gasteiger partial charge in [-0.2, -0.15) is 0 Å². The first-order valence-corrected chi connectivity index (χ1v) is 6.36. The fourth-order valence-electron chi connectivity index (χ4n) is 2.75. The van der Waals surface area contributed by atoms with Crippen LogP contribution in [0.15, 0.2) is 18.2 Å². The van der Waals surface area contributed by atoms with Crippen LogP contribution in [0.5, 0.6) is 5.75 Å². The van der Waals surface area contributed by atoms with E-state index >= 15 is 0 Å². The highest BCUT2D eigenvalue weighted by atomic mass is 16.3. The number of phenols is 1. The molecule has 0 aliphatic heterocycles. The molecule has 2 heteroatoms. The second kappa shape index (κ2) is 4.91. The van der Waals surface area contributed by atoms with Gasteiger partial charge in [-0.05, 0) is 54.9 Å². The normalized spacial score (nSPS) is 24.9. The molecule has 1 N–H and O–H groups in total. The lowest BCUT2D eigenvalue weighted by Gasteiger charge is -2.28. The van der Waals surface area contributed by atoms with Crippen molar-refractivity contribution in [1.29, 1.82) is 0 Å². The van der Waals surface area contributed by atoms with E-state index in [1.807, 2.05) is 19.1 Å². The van der Waals surface area contributed by atoms with E-state index in [1.165, 1.54) is 5.56 Å². The first-order chi connectivity index (χ1) is 8.06. The van der Waals surface area contributed by atoms with Gasteiger partial charge in [0.25, 0.3) is 0 Å². The Hall–Kier alpha value is -1.31. The maximum atomic E-state index is 11.4. The minimum Gasteiger partial charge on any atom is -0.508 e. The maximum Gasteiger partial charge on any atom is 0.133 e. The minimum atomic E-state index is 0.332. The predicted octanol–water partition coefficient (Wildman–Crippen LogP) is 3.25. The molecule has 17 heavy (non-hydrogen) atoms. The predicted molar refractivity (Wildman–Crippen MR) is 68.1 cm³/mol. The van der Waals surface area contributed by atoms with Crippen LogP contribution in [0.3, 0.4) is 0 Å². The number of hydrogen-bond acceptors (Lipinski definition) is 2. The molecular weight excluding hydrogens is 212 g/mol. The highest BCUT2D eigenvalue weighted by Gasteiger charge is 2.26. The summed E-state index contributed by atoms with van der Waals surface area (Å²) in [6, 6.07) is 5.57. The van der Waals surface area contributed by atoms with Gasteiger partial charge in [0.1, 0.15) is 11.5 Å². The Morgan fingerprint density at radius 1 is 1.41 bits per heavy atom. The molecule has 0 radical (unpaired) electrons. The van der Waals surface area contributed by atoms with Gasteiger partial charge in [-0.15, -0.1) is 0 Å². The van der Waals surface area contributed by atoms with E-state index in [1.54, 1.807) is 6.07 Å². The average molecular weight is 232 g/mol. The Kier molecular flexibility index (Phi) is 3.51. The standard InChI is InChI=1S/C15H20O2/c1-10-7-14(16)5-3-12(10)9-13-4-6-15(17)8-11(13)2/h3,5,7,11,13,16H,4,6,8-9H2,1-2H3. The van der Waals surface area contributed by atoms with E-state index in [2.05, 4.69) is 6.92 Å². The monoisotopic (exact) mass is 232 g/mol. The molecule has 1 fully saturated rings. The summed E-state index contributed by atoms with van der Waals surface area (Å²) in [5.41, 5.74) is 2.45. The molecule has 1 aliphatic rings. The molecule has 92 valence electrons. The summed E-state index contributed by atoms with van der Waals surface area (Å²) in [5.74, 6) is 1.84. The third kappa shape index (κ3) is 2.87. The lowest BCUT2D eigenvalue weighted by Crippen LogP contribution is -2.24. The van der Waals surface area contributed by atoms with Crippen LogP contribution in [0.2, 0.25) is 0 Å². The Balaban J connectivity index is 2.07. The molecular formula is C15H20O2. The van der Waals surface area contributed by atoms with Crippen molar-refractivity contribution in [2.75, 3.05) is 0 Å². The van der Waals surface area contributed by atoms with Crippen LogP contribution in [0.4, 0.5) is 0 Å². The van der Waals surface area contributed by atoms with Crippen molar-refractivity contribution in [2.45, 2.75) is 39.5 Å². The van der Waals surface area contributed by atoms with Gasteiger partial charge in [0.15, 0.2) is 0 Å². The number of benzene rings is 1. The number of Topliss-reactive ketones (excluding diaryl/α,β-unsaturated/α-hetero) is 1. The fourth-order valence-corrected chi connectivity index (χ4v) is 2.75. The average Bonchev–Trinajstić information content (AvgIpc) is 2.25. The summed E-state index contributed by atoms with van der Waals surface area (Å²) in [4.78, 5) is 11.4. The molecule has 1 aliphatic carbocycles. The number of carbonyl (C=O) groups is 1. The lowest BCUT2D eigenvalue weighted by atomic mass is 9.76. The molecule has 2 nitrogen and oxygen atoms in total. The minimum absolute atomic E-state index is 0.332. The highest BCUT2D eigenvalue weighted by molar-refractivity contribution is 5.79. The number of ketones is 1. The van der Waals surface area contributed by atoms with E-state index < -0.39 is 0 Å². The molecule has 0 amide bonds. The number of carbonyl (C=O) groups excluding carboxylic acids is 1. The molecule has 0 heterocycles. The number of aryl methyl sites for hydroxylation is 1. The smallest absolute Gasteiger partial charge is 0.133 e. The number of phenolic OH excluding ortho intramolecular Hbond substituents is 1. The second-order valence-corrected chi connectivity index (χ2v) is 5.33. The van der Waals surface area contributed by atoms with E-state index in [-0.39, 0.29) is 0 Å². The number of rotatable bonds is 2. The van der Waals surface area contributed by atoms with Gasteiger partial charge in [0, 0.05) is 12.8 Å². The summed E-state index contributed by atoms with van der Waals surface area (Å²) < 4.78 is 0. The van der Waals surface area contributed by atoms with Crippen LogP contribution < -0.4 is 0 Å². The van der Waals surface area contributed by atoms with Crippen molar-refractivity contribution >= 4 is 5.78 Å². The summed E-state index contributed by atoms with van der Waals surface area (Å²) in [6.45, 7) is 4.21. The third-order valence-corrected chi connectivity index (χ3v) is 3.96. The zero-order valence-electron chi connectivity index (χ0n) is 10.6. The molecule has 1 saturated carbocycles. The molecule has 2 atom stereocenters. The number of aromatic hydroxyl groups is 1. The largest absolute Gasteiger partial charge is 0.508 e. The lowest BCUT2D eigenvalue weighted by molar-refractivity contribution is -0.122. The first-order valence-electron chi connectivity index (χ1n) is 6.36. The van der Waals surface area contributed by atoms with Crippen molar-refractivity contribution in [3.8, 4) is 5.75 Å². The Morgan fingerprint density at radius 3 is 2.82 bits per heavy atom. The molecule has 1 aromatic carbocycles. The zero-order chi connectivity index (χ0) is 12.4. The summed E-state index contributed by atoms with van der Waals surface area (Å²) >= 11 is 0. The van der Waals surface area contributed by atoms with E-state index in [9.17, 15) is 9.90 Å². The van der Waals surface area contributed by atoms with Crippen LogP contribution in [0.25, 0.3) is 0 Å². The van der Waals surface area contributed by atoms with Crippen molar-refractivity contribution in [2.24, 2.45) is 11.8 Å². The second-order valence-electron chi connectivity index (χ2n) is 5.33. The Bertz CT molecular complexity index is 423. The summed E-state index contributed by atoms with van der Waals surface area (Å²) in [5, 5.41) is 9.39. The van der Waals surface area contributed by atoms with Crippen molar-refractivity contribution in [3.63, 3.8) is 0 Å². The van der Waals surface area contributed by atoms with Gasteiger partial charge < -0.3 is 5.11 Å². The molecule has 0 bridgehead atoms. The highest BCUT2D eigenvalue weighted by Crippen LogP contribution is 2.31.